The van der Waals surface area contributed by atoms with Crippen LogP contribution in [0.4, 0.5) is 0 Å². The number of carbonyl (C=O) groups is 1. The Morgan fingerprint density at radius 3 is 2.50 bits per heavy atom. The summed E-state index contributed by atoms with van der Waals surface area (Å²) in [5.41, 5.74) is 0.353. The molecule has 1 atom stereocenters. The molecule has 0 saturated heterocycles. The second-order valence-electron chi connectivity index (χ2n) is 5.14. The van der Waals surface area contributed by atoms with Gasteiger partial charge >= 0.3 is 5.97 Å². The molecule has 0 radical (unpaired) electrons. The molecule has 1 aromatic rings. The van der Waals surface area contributed by atoms with E-state index in [0.29, 0.717) is 6.54 Å². The highest BCUT2D eigenvalue weighted by molar-refractivity contribution is 5.72. The highest BCUT2D eigenvalue weighted by Crippen LogP contribution is 2.10. The molecule has 0 amide bonds. The quantitative estimate of drug-likeness (QED) is 0.781. The second-order valence-corrected chi connectivity index (χ2v) is 5.14. The number of aliphatic hydroxyl groups excluding tert-OH is 1. The molecule has 0 unspecified atom stereocenters. The van der Waals surface area contributed by atoms with Crippen LogP contribution in [0.3, 0.4) is 0 Å². The Bertz CT molecular complexity index is 370. The number of hydrogen-bond donors (Lipinski definition) is 2. The predicted molar refractivity (Wildman–Crippen MR) is 70.1 cm³/mol. The zero-order chi connectivity index (χ0) is 13.6. The average Bonchev–Trinajstić information content (AvgIpc) is 2.27. The van der Waals surface area contributed by atoms with E-state index in [1.165, 1.54) is 0 Å². The summed E-state index contributed by atoms with van der Waals surface area (Å²) in [4.78, 5) is 11.4. The zero-order valence-electron chi connectivity index (χ0n) is 11.1. The minimum Gasteiger partial charge on any atom is -0.459 e. The summed E-state index contributed by atoms with van der Waals surface area (Å²) in [7, 11) is 0. The molecule has 1 rings (SSSR count). The van der Waals surface area contributed by atoms with E-state index in [-0.39, 0.29) is 12.5 Å². The van der Waals surface area contributed by atoms with Crippen molar-refractivity contribution < 1.29 is 14.6 Å². The fraction of sp³-hybridized carbons (Fsp3) is 0.500. The van der Waals surface area contributed by atoms with E-state index in [9.17, 15) is 9.90 Å². The third-order valence-electron chi connectivity index (χ3n) is 2.21. The molecule has 0 aliphatic carbocycles. The molecule has 2 N–H and O–H groups in total. The van der Waals surface area contributed by atoms with Gasteiger partial charge in [-0.3, -0.25) is 4.79 Å². The maximum absolute atomic E-state index is 11.4. The number of rotatable bonds is 5. The Hall–Kier alpha value is -1.39. The van der Waals surface area contributed by atoms with Crippen LogP contribution in [0.25, 0.3) is 0 Å². The molecule has 4 nitrogen and oxygen atoms in total. The Kier molecular flexibility index (Phi) is 5.31. The highest BCUT2D eigenvalue weighted by atomic mass is 16.6. The molecule has 0 heterocycles. The van der Waals surface area contributed by atoms with E-state index < -0.39 is 11.7 Å². The molecule has 0 aromatic heterocycles. The van der Waals surface area contributed by atoms with E-state index in [0.717, 1.165) is 5.56 Å². The van der Waals surface area contributed by atoms with Gasteiger partial charge in [0.25, 0.3) is 0 Å². The fourth-order valence-corrected chi connectivity index (χ4v) is 1.48. The highest BCUT2D eigenvalue weighted by Gasteiger charge is 2.16. The van der Waals surface area contributed by atoms with Crippen molar-refractivity contribution in [3.8, 4) is 0 Å². The lowest BCUT2D eigenvalue weighted by atomic mass is 10.1. The molecule has 1 aromatic carbocycles. The van der Waals surface area contributed by atoms with Gasteiger partial charge in [-0.25, -0.2) is 0 Å². The van der Waals surface area contributed by atoms with Crippen LogP contribution in [0.15, 0.2) is 30.3 Å². The Balaban J connectivity index is 2.28. The van der Waals surface area contributed by atoms with Gasteiger partial charge in [-0.1, -0.05) is 30.3 Å². The lowest BCUT2D eigenvalue weighted by molar-refractivity contribution is -0.153. The second kappa shape index (κ2) is 6.52. The lowest BCUT2D eigenvalue weighted by Gasteiger charge is -2.20. The SMILES string of the molecule is CC(C)(C)OC(=O)CNC[C@@H](O)c1ccccc1. The first-order valence-corrected chi connectivity index (χ1v) is 6.04. The van der Waals surface area contributed by atoms with E-state index in [1.54, 1.807) is 0 Å². The van der Waals surface area contributed by atoms with E-state index >= 15 is 0 Å². The lowest BCUT2D eigenvalue weighted by Crippen LogP contribution is -2.33. The molecule has 100 valence electrons. The van der Waals surface area contributed by atoms with E-state index in [1.807, 2.05) is 51.1 Å². The third kappa shape index (κ3) is 5.80. The normalized spacial score (nSPS) is 13.1. The van der Waals surface area contributed by atoms with Crippen molar-refractivity contribution in [2.45, 2.75) is 32.5 Å². The van der Waals surface area contributed by atoms with Crippen LogP contribution in [0, 0.1) is 0 Å². The molecule has 0 fully saturated rings. The number of aliphatic hydroxyl groups is 1. The first-order valence-electron chi connectivity index (χ1n) is 6.04. The summed E-state index contributed by atoms with van der Waals surface area (Å²) >= 11 is 0. The van der Waals surface area contributed by atoms with Crippen molar-refractivity contribution in [2.24, 2.45) is 0 Å². The average molecular weight is 251 g/mol. The number of esters is 1. The largest absolute Gasteiger partial charge is 0.459 e. The molecular formula is C14H21NO3. The topological polar surface area (TPSA) is 58.6 Å². The van der Waals surface area contributed by atoms with Crippen LogP contribution in [-0.4, -0.2) is 29.8 Å². The molecule has 0 saturated carbocycles. The van der Waals surface area contributed by atoms with Crippen LogP contribution >= 0.6 is 0 Å². The van der Waals surface area contributed by atoms with Gasteiger partial charge in [-0.05, 0) is 26.3 Å². The van der Waals surface area contributed by atoms with Crippen LogP contribution in [0.1, 0.15) is 32.4 Å². The van der Waals surface area contributed by atoms with Crippen molar-refractivity contribution >= 4 is 5.97 Å². The summed E-state index contributed by atoms with van der Waals surface area (Å²) in [6.07, 6.45) is -0.617. The van der Waals surface area contributed by atoms with Crippen LogP contribution in [0.5, 0.6) is 0 Å². The Morgan fingerprint density at radius 2 is 1.94 bits per heavy atom. The number of carbonyl (C=O) groups excluding carboxylic acids is 1. The van der Waals surface area contributed by atoms with Crippen LogP contribution in [0.2, 0.25) is 0 Å². The minimum atomic E-state index is -0.617. The third-order valence-corrected chi connectivity index (χ3v) is 2.21. The van der Waals surface area contributed by atoms with Crippen molar-refractivity contribution in [1.82, 2.24) is 5.32 Å². The molecular weight excluding hydrogens is 230 g/mol. The first kappa shape index (κ1) is 14.7. The minimum absolute atomic E-state index is 0.0984. The molecule has 4 heteroatoms. The summed E-state index contributed by atoms with van der Waals surface area (Å²) < 4.78 is 5.14. The van der Waals surface area contributed by atoms with E-state index in [2.05, 4.69) is 5.32 Å². The van der Waals surface area contributed by atoms with Gasteiger partial charge in [0.05, 0.1) is 12.6 Å². The number of ether oxygens (including phenoxy) is 1. The summed E-state index contributed by atoms with van der Waals surface area (Å²) in [5, 5.41) is 12.7. The monoisotopic (exact) mass is 251 g/mol. The van der Waals surface area contributed by atoms with E-state index in [4.69, 9.17) is 4.74 Å². The number of benzene rings is 1. The van der Waals surface area contributed by atoms with Gasteiger partial charge in [0.15, 0.2) is 0 Å². The van der Waals surface area contributed by atoms with Crippen molar-refractivity contribution in [3.63, 3.8) is 0 Å². The Labute approximate surface area is 108 Å². The van der Waals surface area contributed by atoms with Crippen molar-refractivity contribution in [2.75, 3.05) is 13.1 Å². The standard InChI is InChI=1S/C14H21NO3/c1-14(2,3)18-13(17)10-15-9-12(16)11-7-5-4-6-8-11/h4-8,12,15-16H,9-10H2,1-3H3/t12-/m1/s1. The van der Waals surface area contributed by atoms with Crippen molar-refractivity contribution in [1.29, 1.82) is 0 Å². The van der Waals surface area contributed by atoms with Gasteiger partial charge in [0.2, 0.25) is 0 Å². The number of nitrogens with one attached hydrogen (secondary N) is 1. The fourth-order valence-electron chi connectivity index (χ4n) is 1.48. The maximum Gasteiger partial charge on any atom is 0.320 e. The molecule has 0 spiro atoms. The zero-order valence-corrected chi connectivity index (χ0v) is 11.1. The molecule has 0 aliphatic heterocycles. The molecule has 18 heavy (non-hydrogen) atoms. The van der Waals surface area contributed by atoms with Gasteiger partial charge in [-0.15, -0.1) is 0 Å². The summed E-state index contributed by atoms with van der Waals surface area (Å²) in [6.45, 7) is 5.89. The summed E-state index contributed by atoms with van der Waals surface area (Å²) in [5.74, 6) is -0.317. The van der Waals surface area contributed by atoms with Gasteiger partial charge in [0, 0.05) is 6.54 Å². The predicted octanol–water partition coefficient (Wildman–Crippen LogP) is 1.65. The Morgan fingerprint density at radius 1 is 1.33 bits per heavy atom. The smallest absolute Gasteiger partial charge is 0.320 e. The van der Waals surface area contributed by atoms with Gasteiger partial charge in [0.1, 0.15) is 5.60 Å². The molecule has 0 aliphatic rings. The van der Waals surface area contributed by atoms with Crippen molar-refractivity contribution in [3.05, 3.63) is 35.9 Å². The first-order chi connectivity index (χ1) is 8.38. The van der Waals surface area contributed by atoms with Gasteiger partial charge < -0.3 is 15.2 Å². The van der Waals surface area contributed by atoms with Gasteiger partial charge in [-0.2, -0.15) is 0 Å². The maximum atomic E-state index is 11.4. The molecule has 0 bridgehead atoms. The van der Waals surface area contributed by atoms with Crippen LogP contribution in [-0.2, 0) is 9.53 Å². The number of hydrogen-bond acceptors (Lipinski definition) is 4. The van der Waals surface area contributed by atoms with Crippen LogP contribution < -0.4 is 5.32 Å². The summed E-state index contributed by atoms with van der Waals surface area (Å²) in [6, 6.07) is 9.32.